The number of amides is 1. The number of carbonyl (C=O) groups excluding carboxylic acids is 1. The lowest BCUT2D eigenvalue weighted by molar-refractivity contribution is -0.0498. The van der Waals surface area contributed by atoms with Crippen LogP contribution in [0.4, 0.5) is 8.78 Å². The average Bonchev–Trinajstić information content (AvgIpc) is 3.05. The molecule has 3 rings (SSSR count). The minimum Gasteiger partial charge on any atom is -0.454 e. The van der Waals surface area contributed by atoms with E-state index in [0.717, 1.165) is 5.56 Å². The van der Waals surface area contributed by atoms with Crippen LogP contribution in [0.5, 0.6) is 17.2 Å². The van der Waals surface area contributed by atoms with Crippen LogP contribution in [0.3, 0.4) is 0 Å². The second kappa shape index (κ2) is 7.57. The summed E-state index contributed by atoms with van der Waals surface area (Å²) in [6.07, 6.45) is 0.541. The van der Waals surface area contributed by atoms with E-state index in [-0.39, 0.29) is 18.4 Å². The molecule has 0 unspecified atom stereocenters. The van der Waals surface area contributed by atoms with Gasteiger partial charge < -0.3 is 19.5 Å². The number of hydrogen-bond donors (Lipinski definition) is 1. The Bertz CT molecular complexity index is 768. The lowest BCUT2D eigenvalue weighted by Gasteiger charge is -2.08. The molecule has 0 aromatic heterocycles. The highest BCUT2D eigenvalue weighted by Crippen LogP contribution is 2.39. The monoisotopic (exact) mass is 369 g/mol. The Balaban J connectivity index is 1.54. The Morgan fingerprint density at radius 1 is 1.24 bits per heavy atom. The highest BCUT2D eigenvalue weighted by Gasteiger charge is 2.20. The Labute approximate surface area is 147 Å². The number of carbonyl (C=O) groups is 1. The van der Waals surface area contributed by atoms with Gasteiger partial charge in [0.2, 0.25) is 6.79 Å². The molecule has 1 aliphatic rings. The maximum atomic E-state index is 12.2. The number of fused-ring (bicyclic) bond motifs is 1. The maximum absolute atomic E-state index is 12.2. The molecular weight excluding hydrogens is 356 g/mol. The molecule has 25 heavy (non-hydrogen) atoms. The van der Waals surface area contributed by atoms with Gasteiger partial charge in [-0.15, -0.1) is 0 Å². The van der Waals surface area contributed by atoms with Crippen LogP contribution in [0.2, 0.25) is 5.02 Å². The van der Waals surface area contributed by atoms with E-state index >= 15 is 0 Å². The molecule has 1 heterocycles. The lowest BCUT2D eigenvalue weighted by Crippen LogP contribution is -2.25. The molecule has 8 heteroatoms. The summed E-state index contributed by atoms with van der Waals surface area (Å²) in [5.41, 5.74) is 1.25. The van der Waals surface area contributed by atoms with Crippen LogP contribution in [0.1, 0.15) is 15.9 Å². The number of hydrogen-bond acceptors (Lipinski definition) is 4. The van der Waals surface area contributed by atoms with E-state index in [0.29, 0.717) is 35.1 Å². The van der Waals surface area contributed by atoms with Crippen molar-refractivity contribution in [3.63, 3.8) is 0 Å². The SMILES string of the molecule is O=C(NCCc1ccc(OC(F)F)cc1)c1cc(Cl)c2c(c1)OCO2. The fourth-order valence-electron chi connectivity index (χ4n) is 2.36. The number of alkyl halides is 2. The van der Waals surface area contributed by atoms with Crippen molar-refractivity contribution in [3.8, 4) is 17.2 Å². The predicted octanol–water partition coefficient (Wildman–Crippen LogP) is 3.64. The van der Waals surface area contributed by atoms with Gasteiger partial charge in [-0.2, -0.15) is 8.78 Å². The van der Waals surface area contributed by atoms with Crippen molar-refractivity contribution in [2.75, 3.05) is 13.3 Å². The first kappa shape index (κ1) is 17.3. The van der Waals surface area contributed by atoms with Gasteiger partial charge in [0.1, 0.15) is 5.75 Å². The molecule has 0 aliphatic carbocycles. The first-order valence-corrected chi connectivity index (χ1v) is 7.82. The number of rotatable bonds is 6. The molecule has 0 atom stereocenters. The zero-order valence-corrected chi connectivity index (χ0v) is 13.7. The molecule has 1 amide bonds. The van der Waals surface area contributed by atoms with E-state index in [4.69, 9.17) is 21.1 Å². The van der Waals surface area contributed by atoms with Gasteiger partial charge in [0, 0.05) is 12.1 Å². The summed E-state index contributed by atoms with van der Waals surface area (Å²) in [4.78, 5) is 12.2. The van der Waals surface area contributed by atoms with Gasteiger partial charge in [0.25, 0.3) is 5.91 Å². The minimum atomic E-state index is -2.85. The van der Waals surface area contributed by atoms with Gasteiger partial charge in [0.05, 0.1) is 5.02 Å². The van der Waals surface area contributed by atoms with Crippen LogP contribution in [0.25, 0.3) is 0 Å². The quantitative estimate of drug-likeness (QED) is 0.844. The second-order valence-electron chi connectivity index (χ2n) is 5.22. The van der Waals surface area contributed by atoms with Gasteiger partial charge in [0.15, 0.2) is 11.5 Å². The van der Waals surface area contributed by atoms with Crippen LogP contribution in [0.15, 0.2) is 36.4 Å². The third-order valence-electron chi connectivity index (χ3n) is 3.54. The van der Waals surface area contributed by atoms with E-state index < -0.39 is 6.61 Å². The number of nitrogens with one attached hydrogen (secondary N) is 1. The molecular formula is C17H14ClF2NO4. The summed E-state index contributed by atoms with van der Waals surface area (Å²) in [6.45, 7) is -2.40. The zero-order valence-electron chi connectivity index (χ0n) is 12.9. The molecule has 2 aromatic carbocycles. The molecule has 0 spiro atoms. The van der Waals surface area contributed by atoms with Gasteiger partial charge in [-0.1, -0.05) is 23.7 Å². The highest BCUT2D eigenvalue weighted by molar-refractivity contribution is 6.32. The highest BCUT2D eigenvalue weighted by atomic mass is 35.5. The van der Waals surface area contributed by atoms with Crippen LogP contribution in [-0.2, 0) is 6.42 Å². The van der Waals surface area contributed by atoms with Crippen LogP contribution in [-0.4, -0.2) is 25.9 Å². The summed E-state index contributed by atoms with van der Waals surface area (Å²) in [6, 6.07) is 9.34. The average molecular weight is 370 g/mol. The van der Waals surface area contributed by atoms with Crippen molar-refractivity contribution < 1.29 is 27.8 Å². The van der Waals surface area contributed by atoms with Gasteiger partial charge in [-0.3, -0.25) is 4.79 Å². The van der Waals surface area contributed by atoms with Crippen molar-refractivity contribution in [1.82, 2.24) is 5.32 Å². The Hall–Kier alpha value is -2.54. The molecule has 1 N–H and O–H groups in total. The fraction of sp³-hybridized carbons (Fsp3) is 0.235. The number of halogens is 3. The maximum Gasteiger partial charge on any atom is 0.387 e. The van der Waals surface area contributed by atoms with E-state index in [2.05, 4.69) is 10.1 Å². The smallest absolute Gasteiger partial charge is 0.387 e. The largest absolute Gasteiger partial charge is 0.454 e. The summed E-state index contributed by atoms with van der Waals surface area (Å²) in [7, 11) is 0. The zero-order chi connectivity index (χ0) is 17.8. The normalized spacial score (nSPS) is 12.3. The van der Waals surface area contributed by atoms with Gasteiger partial charge in [-0.05, 0) is 36.2 Å². The Kier molecular flexibility index (Phi) is 5.23. The third-order valence-corrected chi connectivity index (χ3v) is 3.82. The molecule has 0 bridgehead atoms. The second-order valence-corrected chi connectivity index (χ2v) is 5.63. The number of ether oxygens (including phenoxy) is 3. The molecule has 0 radical (unpaired) electrons. The fourth-order valence-corrected chi connectivity index (χ4v) is 2.62. The van der Waals surface area contributed by atoms with Gasteiger partial charge >= 0.3 is 6.61 Å². The van der Waals surface area contributed by atoms with Crippen molar-refractivity contribution in [2.24, 2.45) is 0 Å². The van der Waals surface area contributed by atoms with Crippen molar-refractivity contribution >= 4 is 17.5 Å². The molecule has 2 aromatic rings. The molecule has 0 saturated carbocycles. The molecule has 5 nitrogen and oxygen atoms in total. The minimum absolute atomic E-state index is 0.0748. The first-order chi connectivity index (χ1) is 12.0. The standard InChI is InChI=1S/C17H14ClF2NO4/c18-13-7-11(8-14-15(13)24-9-23-14)16(22)21-6-5-10-1-3-12(4-2-10)25-17(19)20/h1-4,7-8,17H,5-6,9H2,(H,21,22). The van der Waals surface area contributed by atoms with E-state index in [1.54, 1.807) is 18.2 Å². The van der Waals surface area contributed by atoms with Gasteiger partial charge in [-0.25, -0.2) is 0 Å². The lowest BCUT2D eigenvalue weighted by atomic mass is 10.1. The van der Waals surface area contributed by atoms with E-state index in [1.807, 2.05) is 0 Å². The molecule has 0 fully saturated rings. The van der Waals surface area contributed by atoms with Crippen LogP contribution >= 0.6 is 11.6 Å². The molecule has 1 aliphatic heterocycles. The van der Waals surface area contributed by atoms with Crippen LogP contribution in [0, 0.1) is 0 Å². The Morgan fingerprint density at radius 3 is 2.72 bits per heavy atom. The summed E-state index contributed by atoms with van der Waals surface area (Å²) in [5, 5.41) is 3.08. The summed E-state index contributed by atoms with van der Waals surface area (Å²) in [5.74, 6) is 0.673. The van der Waals surface area contributed by atoms with Crippen LogP contribution < -0.4 is 19.5 Å². The summed E-state index contributed by atoms with van der Waals surface area (Å²) < 4.78 is 38.9. The number of benzene rings is 2. The summed E-state index contributed by atoms with van der Waals surface area (Å²) >= 11 is 6.05. The molecule has 0 saturated heterocycles. The van der Waals surface area contributed by atoms with Crippen molar-refractivity contribution in [2.45, 2.75) is 13.0 Å². The topological polar surface area (TPSA) is 56.8 Å². The third kappa shape index (κ3) is 4.30. The van der Waals surface area contributed by atoms with Crippen molar-refractivity contribution in [1.29, 1.82) is 0 Å². The predicted molar refractivity (Wildman–Crippen MR) is 86.7 cm³/mol. The molecule has 132 valence electrons. The van der Waals surface area contributed by atoms with E-state index in [9.17, 15) is 13.6 Å². The Morgan fingerprint density at radius 2 is 2.00 bits per heavy atom. The first-order valence-electron chi connectivity index (χ1n) is 7.44. The van der Waals surface area contributed by atoms with E-state index in [1.165, 1.54) is 18.2 Å². The van der Waals surface area contributed by atoms with Crippen molar-refractivity contribution in [3.05, 3.63) is 52.5 Å².